The Hall–Kier alpha value is -0.930. The van der Waals surface area contributed by atoms with Gasteiger partial charge >= 0.3 is 0 Å². The molecule has 4 rings (SSSR count). The maximum absolute atomic E-state index is 4.25. The Morgan fingerprint density at radius 3 is 2.42 bits per heavy atom. The van der Waals surface area contributed by atoms with Crippen molar-refractivity contribution in [3.63, 3.8) is 0 Å². The molecule has 0 spiro atoms. The zero-order chi connectivity index (χ0) is 16.2. The van der Waals surface area contributed by atoms with Crippen molar-refractivity contribution < 1.29 is 0 Å². The molecular formula is C21H33N3. The van der Waals surface area contributed by atoms with E-state index in [-0.39, 0.29) is 0 Å². The monoisotopic (exact) mass is 327 g/mol. The minimum atomic E-state index is 0.976. The second-order valence-electron chi connectivity index (χ2n) is 8.43. The Bertz CT molecular complexity index is 489. The highest BCUT2D eigenvalue weighted by molar-refractivity contribution is 5.08. The zero-order valence-corrected chi connectivity index (χ0v) is 15.1. The number of pyridine rings is 1. The first-order valence-electron chi connectivity index (χ1n) is 10.2. The Labute approximate surface area is 147 Å². The molecule has 0 unspecified atom stereocenters. The standard InChI is InChI=1S/C21H33N3/c1-2-5-18(4-1)15-24-13-9-21(17-24)20-7-11-23(12-8-20)16-19-6-3-10-22-14-19/h3,6,10,14,18,20-21H,1-2,4-5,7-9,11-13,15-17H2/t21-/m1/s1. The molecule has 24 heavy (non-hydrogen) atoms. The quantitative estimate of drug-likeness (QED) is 0.820. The van der Waals surface area contributed by atoms with Crippen LogP contribution in [0.1, 0.15) is 50.5 Å². The van der Waals surface area contributed by atoms with Gasteiger partial charge in [-0.1, -0.05) is 18.9 Å². The van der Waals surface area contributed by atoms with E-state index < -0.39 is 0 Å². The third kappa shape index (κ3) is 4.18. The molecule has 2 aliphatic heterocycles. The number of hydrogen-bond acceptors (Lipinski definition) is 3. The Morgan fingerprint density at radius 2 is 1.67 bits per heavy atom. The van der Waals surface area contributed by atoms with Gasteiger partial charge in [0.05, 0.1) is 0 Å². The number of likely N-dealkylation sites (tertiary alicyclic amines) is 2. The van der Waals surface area contributed by atoms with Crippen LogP contribution < -0.4 is 0 Å². The summed E-state index contributed by atoms with van der Waals surface area (Å²) in [4.78, 5) is 9.66. The van der Waals surface area contributed by atoms with Gasteiger partial charge in [0.15, 0.2) is 0 Å². The van der Waals surface area contributed by atoms with Gasteiger partial charge < -0.3 is 4.90 Å². The number of rotatable bonds is 5. The molecule has 1 aromatic heterocycles. The first kappa shape index (κ1) is 16.5. The van der Waals surface area contributed by atoms with E-state index in [4.69, 9.17) is 0 Å². The molecule has 0 N–H and O–H groups in total. The second-order valence-corrected chi connectivity index (χ2v) is 8.43. The van der Waals surface area contributed by atoms with Gasteiger partial charge in [-0.25, -0.2) is 0 Å². The highest BCUT2D eigenvalue weighted by Crippen LogP contribution is 2.34. The molecule has 1 aromatic rings. The van der Waals surface area contributed by atoms with E-state index in [1.165, 1.54) is 83.2 Å². The zero-order valence-electron chi connectivity index (χ0n) is 15.1. The van der Waals surface area contributed by atoms with Crippen LogP contribution in [-0.4, -0.2) is 47.5 Å². The third-order valence-electron chi connectivity index (χ3n) is 6.73. The van der Waals surface area contributed by atoms with E-state index in [1.807, 2.05) is 12.4 Å². The fraction of sp³-hybridized carbons (Fsp3) is 0.762. The van der Waals surface area contributed by atoms with Crippen molar-refractivity contribution in [2.75, 3.05) is 32.7 Å². The lowest BCUT2D eigenvalue weighted by atomic mass is 9.83. The Kier molecular flexibility index (Phi) is 5.49. The highest BCUT2D eigenvalue weighted by Gasteiger charge is 2.32. The third-order valence-corrected chi connectivity index (χ3v) is 6.73. The van der Waals surface area contributed by atoms with Crippen molar-refractivity contribution >= 4 is 0 Å². The summed E-state index contributed by atoms with van der Waals surface area (Å²) in [6, 6.07) is 4.26. The van der Waals surface area contributed by atoms with E-state index in [2.05, 4.69) is 26.9 Å². The van der Waals surface area contributed by atoms with Crippen molar-refractivity contribution in [3.05, 3.63) is 30.1 Å². The second kappa shape index (κ2) is 7.97. The van der Waals surface area contributed by atoms with Crippen LogP contribution >= 0.6 is 0 Å². The summed E-state index contributed by atoms with van der Waals surface area (Å²) in [6.07, 6.45) is 14.1. The smallest absolute Gasteiger partial charge is 0.0312 e. The van der Waals surface area contributed by atoms with Crippen molar-refractivity contribution in [2.45, 2.75) is 51.5 Å². The van der Waals surface area contributed by atoms with Crippen molar-refractivity contribution in [2.24, 2.45) is 17.8 Å². The van der Waals surface area contributed by atoms with Crippen LogP contribution in [0.15, 0.2) is 24.5 Å². The summed E-state index contributed by atoms with van der Waals surface area (Å²) >= 11 is 0. The molecule has 3 aliphatic rings. The maximum atomic E-state index is 4.25. The van der Waals surface area contributed by atoms with E-state index >= 15 is 0 Å². The van der Waals surface area contributed by atoms with Gasteiger partial charge in [-0.2, -0.15) is 0 Å². The molecule has 0 aromatic carbocycles. The van der Waals surface area contributed by atoms with Crippen LogP contribution in [0.4, 0.5) is 0 Å². The molecule has 3 heteroatoms. The summed E-state index contributed by atoms with van der Waals surface area (Å²) < 4.78 is 0. The van der Waals surface area contributed by atoms with Gasteiger partial charge in [-0.05, 0) is 81.1 Å². The molecule has 1 atom stereocenters. The van der Waals surface area contributed by atoms with Crippen LogP contribution in [0.5, 0.6) is 0 Å². The lowest BCUT2D eigenvalue weighted by Gasteiger charge is -2.35. The van der Waals surface area contributed by atoms with Crippen LogP contribution in [0.25, 0.3) is 0 Å². The number of nitrogens with zero attached hydrogens (tertiary/aromatic N) is 3. The summed E-state index contributed by atoms with van der Waals surface area (Å²) in [6.45, 7) is 7.80. The summed E-state index contributed by atoms with van der Waals surface area (Å²) in [5.74, 6) is 2.97. The average molecular weight is 328 g/mol. The van der Waals surface area contributed by atoms with Crippen molar-refractivity contribution in [3.8, 4) is 0 Å². The predicted molar refractivity (Wildman–Crippen MR) is 98.7 cm³/mol. The Balaban J connectivity index is 1.20. The molecule has 0 amide bonds. The van der Waals surface area contributed by atoms with Gasteiger partial charge in [-0.15, -0.1) is 0 Å². The average Bonchev–Trinajstić information content (AvgIpc) is 3.29. The van der Waals surface area contributed by atoms with Crippen LogP contribution in [0.2, 0.25) is 0 Å². The van der Waals surface area contributed by atoms with E-state index in [0.717, 1.165) is 24.3 Å². The van der Waals surface area contributed by atoms with Crippen LogP contribution in [-0.2, 0) is 6.54 Å². The summed E-state index contributed by atoms with van der Waals surface area (Å²) in [7, 11) is 0. The number of aromatic nitrogens is 1. The Morgan fingerprint density at radius 1 is 0.917 bits per heavy atom. The van der Waals surface area contributed by atoms with Crippen molar-refractivity contribution in [1.82, 2.24) is 14.8 Å². The molecule has 0 bridgehead atoms. The fourth-order valence-corrected chi connectivity index (χ4v) is 5.30. The number of hydrogen-bond donors (Lipinski definition) is 0. The molecular weight excluding hydrogens is 294 g/mol. The van der Waals surface area contributed by atoms with Gasteiger partial charge in [0.1, 0.15) is 0 Å². The lowest BCUT2D eigenvalue weighted by molar-refractivity contribution is 0.140. The van der Waals surface area contributed by atoms with E-state index in [0.29, 0.717) is 0 Å². The first-order valence-corrected chi connectivity index (χ1v) is 10.2. The summed E-state index contributed by atoms with van der Waals surface area (Å²) in [5.41, 5.74) is 1.36. The van der Waals surface area contributed by atoms with Gasteiger partial charge in [-0.3, -0.25) is 9.88 Å². The minimum absolute atomic E-state index is 0.976. The highest BCUT2D eigenvalue weighted by atomic mass is 15.2. The topological polar surface area (TPSA) is 19.4 Å². The maximum Gasteiger partial charge on any atom is 0.0312 e. The lowest BCUT2D eigenvalue weighted by Crippen LogP contribution is -2.36. The largest absolute Gasteiger partial charge is 0.303 e. The molecule has 1 saturated carbocycles. The molecule has 132 valence electrons. The molecule has 2 saturated heterocycles. The first-order chi connectivity index (χ1) is 11.9. The van der Waals surface area contributed by atoms with Crippen LogP contribution in [0.3, 0.4) is 0 Å². The number of piperidine rings is 1. The van der Waals surface area contributed by atoms with Gasteiger partial charge in [0.2, 0.25) is 0 Å². The SMILES string of the molecule is c1cncc(CN2CCC([C@@H]3CCN(CC4CCCC4)C3)CC2)c1. The van der Waals surface area contributed by atoms with Crippen molar-refractivity contribution in [1.29, 1.82) is 0 Å². The fourth-order valence-electron chi connectivity index (χ4n) is 5.30. The predicted octanol–water partition coefficient (Wildman–Crippen LogP) is 3.81. The molecule has 3 heterocycles. The van der Waals surface area contributed by atoms with E-state index in [1.54, 1.807) is 0 Å². The molecule has 3 fully saturated rings. The van der Waals surface area contributed by atoms with Gasteiger partial charge in [0, 0.05) is 32.0 Å². The summed E-state index contributed by atoms with van der Waals surface area (Å²) in [5, 5.41) is 0. The van der Waals surface area contributed by atoms with E-state index in [9.17, 15) is 0 Å². The minimum Gasteiger partial charge on any atom is -0.303 e. The normalized spacial score (nSPS) is 27.9. The molecule has 3 nitrogen and oxygen atoms in total. The molecule has 1 aliphatic carbocycles. The molecule has 0 radical (unpaired) electrons. The van der Waals surface area contributed by atoms with Gasteiger partial charge in [0.25, 0.3) is 0 Å². The van der Waals surface area contributed by atoms with Crippen LogP contribution in [0, 0.1) is 17.8 Å².